The lowest BCUT2D eigenvalue weighted by Crippen LogP contribution is -2.35. The van der Waals surface area contributed by atoms with E-state index in [1.165, 1.54) is 11.3 Å². The summed E-state index contributed by atoms with van der Waals surface area (Å²) in [6.07, 6.45) is 0.751. The highest BCUT2D eigenvalue weighted by Crippen LogP contribution is 2.38. The number of hydrogen-bond acceptors (Lipinski definition) is 3. The molecule has 1 aliphatic heterocycles. The lowest BCUT2D eigenvalue weighted by Gasteiger charge is -2.24. The summed E-state index contributed by atoms with van der Waals surface area (Å²) in [5, 5.41) is 0. The Labute approximate surface area is 134 Å². The summed E-state index contributed by atoms with van der Waals surface area (Å²) in [5.74, 6) is 0.340. The molecule has 0 aliphatic carbocycles. The highest BCUT2D eigenvalue weighted by atomic mass is 35.5. The van der Waals surface area contributed by atoms with Crippen LogP contribution < -0.4 is 4.31 Å². The Morgan fingerprint density at radius 2 is 2.10 bits per heavy atom. The zero-order valence-corrected chi connectivity index (χ0v) is 14.2. The van der Waals surface area contributed by atoms with E-state index in [-0.39, 0.29) is 6.04 Å². The molecule has 2 aromatic rings. The van der Waals surface area contributed by atoms with Crippen molar-refractivity contribution in [2.45, 2.75) is 37.1 Å². The van der Waals surface area contributed by atoms with Gasteiger partial charge in [-0.1, -0.05) is 18.2 Å². The Hall–Kier alpha value is -1.04. The maximum Gasteiger partial charge on any atom is 0.265 e. The molecule has 1 aromatic carbocycles. The molecule has 112 valence electrons. The summed E-state index contributed by atoms with van der Waals surface area (Å²) < 4.78 is 27.6. The molecular formula is C15H16ClNO2S2. The van der Waals surface area contributed by atoms with Gasteiger partial charge >= 0.3 is 0 Å². The van der Waals surface area contributed by atoms with E-state index < -0.39 is 10.0 Å². The van der Waals surface area contributed by atoms with E-state index in [1.807, 2.05) is 38.1 Å². The summed E-state index contributed by atoms with van der Waals surface area (Å²) >= 11 is 7.28. The topological polar surface area (TPSA) is 37.4 Å². The standard InChI is InChI=1S/C15H16ClNO2S2/c1-10-7-12-5-3-4-6-14(12)17(10)21(18,19)15-8-13(9-16)20-11(15)2/h3-6,8,10H,7,9H2,1-2H3. The molecule has 1 unspecified atom stereocenters. The van der Waals surface area contributed by atoms with Crippen molar-refractivity contribution in [2.24, 2.45) is 0 Å². The van der Waals surface area contributed by atoms with E-state index in [1.54, 1.807) is 10.4 Å². The van der Waals surface area contributed by atoms with Gasteiger partial charge in [-0.3, -0.25) is 4.31 Å². The summed E-state index contributed by atoms with van der Waals surface area (Å²) in [7, 11) is -3.54. The number of benzene rings is 1. The lowest BCUT2D eigenvalue weighted by molar-refractivity contribution is 0.584. The largest absolute Gasteiger partial charge is 0.265 e. The average Bonchev–Trinajstić information content (AvgIpc) is 2.98. The maximum absolute atomic E-state index is 13.0. The van der Waals surface area contributed by atoms with Crippen molar-refractivity contribution in [3.8, 4) is 0 Å². The van der Waals surface area contributed by atoms with Gasteiger partial charge in [-0.15, -0.1) is 22.9 Å². The van der Waals surface area contributed by atoms with Gasteiger partial charge in [-0.25, -0.2) is 8.42 Å². The van der Waals surface area contributed by atoms with Crippen molar-refractivity contribution >= 4 is 38.6 Å². The Bertz CT molecular complexity index is 783. The summed E-state index contributed by atoms with van der Waals surface area (Å²) in [5.41, 5.74) is 1.88. The number of halogens is 1. The molecule has 0 spiro atoms. The molecule has 1 aliphatic rings. The van der Waals surface area contributed by atoms with Crippen LogP contribution in [0.2, 0.25) is 0 Å². The molecule has 0 radical (unpaired) electrons. The van der Waals surface area contributed by atoms with Gasteiger partial charge in [0.15, 0.2) is 0 Å². The minimum atomic E-state index is -3.54. The first-order valence-electron chi connectivity index (χ1n) is 6.72. The molecule has 0 amide bonds. The Morgan fingerprint density at radius 3 is 2.76 bits per heavy atom. The number of hydrogen-bond donors (Lipinski definition) is 0. The Morgan fingerprint density at radius 1 is 1.38 bits per heavy atom. The van der Waals surface area contributed by atoms with E-state index in [2.05, 4.69) is 0 Å². The first-order valence-corrected chi connectivity index (χ1v) is 9.52. The fourth-order valence-electron chi connectivity index (χ4n) is 2.86. The van der Waals surface area contributed by atoms with Crippen molar-refractivity contribution in [2.75, 3.05) is 4.31 Å². The fraction of sp³-hybridized carbons (Fsp3) is 0.333. The van der Waals surface area contributed by atoms with E-state index in [9.17, 15) is 8.42 Å². The van der Waals surface area contributed by atoms with Crippen LogP contribution in [0.15, 0.2) is 35.2 Å². The number of sulfonamides is 1. The number of rotatable bonds is 3. The summed E-state index contributed by atoms with van der Waals surface area (Å²) in [6.45, 7) is 3.78. The number of anilines is 1. The zero-order valence-electron chi connectivity index (χ0n) is 11.8. The molecule has 1 aromatic heterocycles. The van der Waals surface area contributed by atoms with Gasteiger partial charge in [0.05, 0.1) is 11.6 Å². The first kappa shape index (κ1) is 14.9. The lowest BCUT2D eigenvalue weighted by atomic mass is 10.1. The molecule has 2 heterocycles. The second kappa shape index (κ2) is 5.30. The predicted molar refractivity (Wildman–Crippen MR) is 87.9 cm³/mol. The number of nitrogens with zero attached hydrogens (tertiary/aromatic N) is 1. The van der Waals surface area contributed by atoms with Crippen LogP contribution in [0.4, 0.5) is 5.69 Å². The van der Waals surface area contributed by atoms with Crippen LogP contribution in [0.3, 0.4) is 0 Å². The second-order valence-electron chi connectivity index (χ2n) is 5.25. The number of fused-ring (bicyclic) bond motifs is 1. The summed E-state index contributed by atoms with van der Waals surface area (Å²) in [4.78, 5) is 2.06. The van der Waals surface area contributed by atoms with Gasteiger partial charge < -0.3 is 0 Å². The normalized spacial score (nSPS) is 18.0. The van der Waals surface area contributed by atoms with Crippen LogP contribution in [-0.2, 0) is 22.3 Å². The molecule has 0 fully saturated rings. The van der Waals surface area contributed by atoms with Crippen molar-refractivity contribution in [1.82, 2.24) is 0 Å². The van der Waals surface area contributed by atoms with E-state index in [0.717, 1.165) is 27.4 Å². The first-order chi connectivity index (χ1) is 9.95. The van der Waals surface area contributed by atoms with Gasteiger partial charge in [-0.2, -0.15) is 0 Å². The molecule has 0 saturated heterocycles. The van der Waals surface area contributed by atoms with Gasteiger partial charge in [0, 0.05) is 15.8 Å². The molecule has 3 nitrogen and oxygen atoms in total. The quantitative estimate of drug-likeness (QED) is 0.793. The van der Waals surface area contributed by atoms with E-state index >= 15 is 0 Å². The minimum Gasteiger partial charge on any atom is -0.263 e. The average molecular weight is 342 g/mol. The molecule has 3 rings (SSSR count). The Kier molecular flexibility index (Phi) is 3.76. The minimum absolute atomic E-state index is 0.0637. The number of para-hydroxylation sites is 1. The van der Waals surface area contributed by atoms with Gasteiger partial charge in [-0.05, 0) is 38.0 Å². The SMILES string of the molecule is Cc1sc(CCl)cc1S(=O)(=O)N1c2ccccc2CC1C. The fourth-order valence-corrected chi connectivity index (χ4v) is 6.25. The van der Waals surface area contributed by atoms with E-state index in [0.29, 0.717) is 10.8 Å². The second-order valence-corrected chi connectivity index (χ2v) is 8.64. The Balaban J connectivity index is 2.12. The van der Waals surface area contributed by atoms with Crippen molar-refractivity contribution < 1.29 is 8.42 Å². The zero-order chi connectivity index (χ0) is 15.2. The molecule has 21 heavy (non-hydrogen) atoms. The van der Waals surface area contributed by atoms with E-state index in [4.69, 9.17) is 11.6 Å². The number of aryl methyl sites for hydroxylation is 1. The van der Waals surface area contributed by atoms with Crippen LogP contribution in [0.25, 0.3) is 0 Å². The van der Waals surface area contributed by atoms with Crippen molar-refractivity contribution in [3.05, 3.63) is 45.6 Å². The third-order valence-electron chi connectivity index (χ3n) is 3.74. The van der Waals surface area contributed by atoms with Crippen LogP contribution >= 0.6 is 22.9 Å². The number of thiophene rings is 1. The van der Waals surface area contributed by atoms with Crippen LogP contribution in [0, 0.1) is 6.92 Å². The predicted octanol–water partition coefficient (Wildman–Crippen LogP) is 3.94. The third kappa shape index (κ3) is 2.37. The molecular weight excluding hydrogens is 326 g/mol. The van der Waals surface area contributed by atoms with Crippen molar-refractivity contribution in [3.63, 3.8) is 0 Å². The van der Waals surface area contributed by atoms with Crippen molar-refractivity contribution in [1.29, 1.82) is 0 Å². The molecule has 6 heteroatoms. The van der Waals surface area contributed by atoms with Gasteiger partial charge in [0.1, 0.15) is 4.90 Å². The highest BCUT2D eigenvalue weighted by molar-refractivity contribution is 7.93. The molecule has 0 bridgehead atoms. The maximum atomic E-state index is 13.0. The highest BCUT2D eigenvalue weighted by Gasteiger charge is 2.37. The summed E-state index contributed by atoms with van der Waals surface area (Å²) in [6, 6.07) is 9.33. The molecule has 0 N–H and O–H groups in total. The van der Waals surface area contributed by atoms with Gasteiger partial charge in [0.2, 0.25) is 0 Å². The van der Waals surface area contributed by atoms with Crippen LogP contribution in [-0.4, -0.2) is 14.5 Å². The van der Waals surface area contributed by atoms with Crippen LogP contribution in [0.1, 0.15) is 22.2 Å². The smallest absolute Gasteiger partial charge is 0.263 e. The van der Waals surface area contributed by atoms with Gasteiger partial charge in [0.25, 0.3) is 10.0 Å². The monoisotopic (exact) mass is 341 g/mol. The van der Waals surface area contributed by atoms with Crippen LogP contribution in [0.5, 0.6) is 0 Å². The molecule has 1 atom stereocenters. The number of alkyl halides is 1. The third-order valence-corrected chi connectivity index (χ3v) is 7.42. The molecule has 0 saturated carbocycles.